The first-order valence-corrected chi connectivity index (χ1v) is 3.03. The van der Waals surface area contributed by atoms with Gasteiger partial charge in [0, 0.05) is 0 Å². The normalized spacial score (nSPS) is 8.82. The Kier molecular flexibility index (Phi) is 2.49. The number of rotatable bonds is 3. The monoisotopic (exact) mass is 154 g/mol. The van der Waals surface area contributed by atoms with Crippen molar-refractivity contribution in [3.05, 3.63) is 42.9 Å². The third-order valence-corrected chi connectivity index (χ3v) is 1.04. The topological polar surface area (TPSA) is 18.5 Å². The molecule has 1 rings (SSSR count). The summed E-state index contributed by atoms with van der Waals surface area (Å²) in [6, 6.07) is 5.95. The second kappa shape index (κ2) is 3.61. The fraction of sp³-hybridized carbons (Fsp3) is 0. The van der Waals surface area contributed by atoms with Crippen LogP contribution in [-0.4, -0.2) is 0 Å². The molecular weight excluding hydrogens is 147 g/mol. The first-order chi connectivity index (χ1) is 5.34. The predicted octanol–water partition coefficient (Wildman–Crippen LogP) is 2.28. The third kappa shape index (κ3) is 1.97. The second-order valence-corrected chi connectivity index (χ2v) is 1.78. The standard InChI is InChI=1S/C8H7FO2/c1-2-10-11-8-6-4-3-5-7(8)9/h2-6H,1H2. The fourth-order valence-electron chi connectivity index (χ4n) is 0.598. The Morgan fingerprint density at radius 2 is 2.09 bits per heavy atom. The molecule has 58 valence electrons. The van der Waals surface area contributed by atoms with Gasteiger partial charge in [-0.05, 0) is 12.1 Å². The smallest absolute Gasteiger partial charge is 0.214 e. The van der Waals surface area contributed by atoms with Gasteiger partial charge in [-0.1, -0.05) is 18.7 Å². The Morgan fingerprint density at radius 3 is 2.73 bits per heavy atom. The lowest BCUT2D eigenvalue weighted by atomic mass is 10.3. The van der Waals surface area contributed by atoms with Gasteiger partial charge >= 0.3 is 0 Å². The summed E-state index contributed by atoms with van der Waals surface area (Å²) in [5, 5.41) is 0. The molecule has 0 spiro atoms. The van der Waals surface area contributed by atoms with E-state index in [-0.39, 0.29) is 5.75 Å². The van der Waals surface area contributed by atoms with E-state index in [0.29, 0.717) is 0 Å². The molecule has 0 aliphatic rings. The van der Waals surface area contributed by atoms with Crippen molar-refractivity contribution in [2.45, 2.75) is 0 Å². The van der Waals surface area contributed by atoms with E-state index < -0.39 is 5.82 Å². The second-order valence-electron chi connectivity index (χ2n) is 1.78. The van der Waals surface area contributed by atoms with E-state index in [2.05, 4.69) is 16.4 Å². The molecule has 0 radical (unpaired) electrons. The average molecular weight is 154 g/mol. The van der Waals surface area contributed by atoms with Crippen molar-refractivity contribution in [2.75, 3.05) is 0 Å². The zero-order chi connectivity index (χ0) is 8.10. The van der Waals surface area contributed by atoms with Crippen LogP contribution in [0.5, 0.6) is 5.75 Å². The Hall–Kier alpha value is -1.51. The fourth-order valence-corrected chi connectivity index (χ4v) is 0.598. The minimum Gasteiger partial charge on any atom is -0.298 e. The van der Waals surface area contributed by atoms with Gasteiger partial charge in [-0.25, -0.2) is 4.39 Å². The van der Waals surface area contributed by atoms with Crippen LogP contribution in [0.2, 0.25) is 0 Å². The Labute approximate surface area is 63.8 Å². The summed E-state index contributed by atoms with van der Waals surface area (Å²) in [6.07, 6.45) is 1.08. The summed E-state index contributed by atoms with van der Waals surface area (Å²) >= 11 is 0. The third-order valence-electron chi connectivity index (χ3n) is 1.04. The highest BCUT2D eigenvalue weighted by atomic mass is 19.1. The summed E-state index contributed by atoms with van der Waals surface area (Å²) < 4.78 is 12.7. The van der Waals surface area contributed by atoms with Crippen molar-refractivity contribution in [3.63, 3.8) is 0 Å². The molecule has 0 N–H and O–H groups in total. The van der Waals surface area contributed by atoms with Gasteiger partial charge < -0.3 is 0 Å². The van der Waals surface area contributed by atoms with Crippen molar-refractivity contribution < 1.29 is 14.2 Å². The molecule has 0 aliphatic carbocycles. The number of para-hydroxylation sites is 1. The summed E-state index contributed by atoms with van der Waals surface area (Å²) in [5.74, 6) is -0.415. The van der Waals surface area contributed by atoms with Crippen molar-refractivity contribution in [1.29, 1.82) is 0 Å². The largest absolute Gasteiger partial charge is 0.298 e. The van der Waals surface area contributed by atoms with Crippen molar-refractivity contribution in [1.82, 2.24) is 0 Å². The molecular formula is C8H7FO2. The highest BCUT2D eigenvalue weighted by molar-refractivity contribution is 5.22. The molecule has 0 bridgehead atoms. The number of halogens is 1. The SMILES string of the molecule is C=COOc1ccccc1F. The minimum absolute atomic E-state index is 0.0485. The predicted molar refractivity (Wildman–Crippen MR) is 38.3 cm³/mol. The van der Waals surface area contributed by atoms with Crippen LogP contribution in [0.25, 0.3) is 0 Å². The van der Waals surface area contributed by atoms with E-state index in [0.717, 1.165) is 6.26 Å². The first kappa shape index (κ1) is 7.60. The van der Waals surface area contributed by atoms with Gasteiger partial charge in [-0.2, -0.15) is 0 Å². The van der Waals surface area contributed by atoms with Crippen LogP contribution in [-0.2, 0) is 4.89 Å². The lowest BCUT2D eigenvalue weighted by Crippen LogP contribution is -1.91. The lowest BCUT2D eigenvalue weighted by Gasteiger charge is -2.00. The van der Waals surface area contributed by atoms with E-state index >= 15 is 0 Å². The minimum atomic E-state index is -0.464. The molecule has 1 aromatic carbocycles. The molecule has 0 heterocycles. The molecule has 3 heteroatoms. The summed E-state index contributed by atoms with van der Waals surface area (Å²) in [4.78, 5) is 8.82. The molecule has 0 saturated heterocycles. The maximum absolute atomic E-state index is 12.7. The van der Waals surface area contributed by atoms with Gasteiger partial charge in [0.05, 0.1) is 0 Å². The molecule has 0 unspecified atom stereocenters. The Balaban J connectivity index is 2.69. The Morgan fingerprint density at radius 1 is 1.36 bits per heavy atom. The van der Waals surface area contributed by atoms with Crippen molar-refractivity contribution in [3.8, 4) is 5.75 Å². The average Bonchev–Trinajstić information content (AvgIpc) is 2.03. The van der Waals surface area contributed by atoms with Crippen molar-refractivity contribution in [2.24, 2.45) is 0 Å². The van der Waals surface area contributed by atoms with E-state index in [4.69, 9.17) is 0 Å². The van der Waals surface area contributed by atoms with Crippen LogP contribution in [0.3, 0.4) is 0 Å². The quantitative estimate of drug-likeness (QED) is 0.377. The molecule has 0 amide bonds. The number of hydrogen-bond acceptors (Lipinski definition) is 2. The molecule has 1 aromatic rings. The van der Waals surface area contributed by atoms with E-state index in [1.807, 2.05) is 0 Å². The maximum Gasteiger partial charge on any atom is 0.214 e. The van der Waals surface area contributed by atoms with Crippen LogP contribution in [0.4, 0.5) is 4.39 Å². The van der Waals surface area contributed by atoms with Gasteiger partial charge in [0.1, 0.15) is 6.26 Å². The molecule has 0 aliphatic heterocycles. The highest BCUT2D eigenvalue weighted by Gasteiger charge is 2.00. The first-order valence-electron chi connectivity index (χ1n) is 3.03. The van der Waals surface area contributed by atoms with Gasteiger partial charge in [0.25, 0.3) is 0 Å². The van der Waals surface area contributed by atoms with Crippen molar-refractivity contribution >= 4 is 0 Å². The summed E-state index contributed by atoms with van der Waals surface area (Å²) in [7, 11) is 0. The zero-order valence-corrected chi connectivity index (χ0v) is 5.79. The molecule has 2 nitrogen and oxygen atoms in total. The van der Waals surface area contributed by atoms with Gasteiger partial charge in [-0.15, -0.1) is 0 Å². The van der Waals surface area contributed by atoms with E-state index in [9.17, 15) is 4.39 Å². The maximum atomic E-state index is 12.7. The van der Waals surface area contributed by atoms with E-state index in [1.54, 1.807) is 12.1 Å². The van der Waals surface area contributed by atoms with Gasteiger partial charge in [-0.3, -0.25) is 9.78 Å². The van der Waals surface area contributed by atoms with Crippen LogP contribution in [0.15, 0.2) is 37.1 Å². The van der Waals surface area contributed by atoms with Crippen LogP contribution in [0.1, 0.15) is 0 Å². The lowest BCUT2D eigenvalue weighted by molar-refractivity contribution is -0.151. The van der Waals surface area contributed by atoms with Gasteiger partial charge in [0.2, 0.25) is 5.75 Å². The highest BCUT2D eigenvalue weighted by Crippen LogP contribution is 2.15. The molecule has 0 aromatic heterocycles. The molecule has 0 atom stereocenters. The number of benzene rings is 1. The summed E-state index contributed by atoms with van der Waals surface area (Å²) in [6.45, 7) is 3.24. The van der Waals surface area contributed by atoms with Gasteiger partial charge in [0.15, 0.2) is 5.82 Å². The van der Waals surface area contributed by atoms with Crippen LogP contribution >= 0.6 is 0 Å². The molecule has 11 heavy (non-hydrogen) atoms. The zero-order valence-electron chi connectivity index (χ0n) is 5.79. The number of hydrogen-bond donors (Lipinski definition) is 0. The molecule has 0 fully saturated rings. The van der Waals surface area contributed by atoms with Crippen LogP contribution < -0.4 is 4.89 Å². The van der Waals surface area contributed by atoms with E-state index in [1.165, 1.54) is 12.1 Å². The Bertz CT molecular complexity index is 248. The van der Waals surface area contributed by atoms with Crippen LogP contribution in [0, 0.1) is 5.82 Å². The molecule has 0 saturated carbocycles. The summed E-state index contributed by atoms with van der Waals surface area (Å²) in [5.41, 5.74) is 0.